The van der Waals surface area contributed by atoms with Crippen molar-refractivity contribution in [3.05, 3.63) is 23.8 Å². The van der Waals surface area contributed by atoms with Gasteiger partial charge in [-0.3, -0.25) is 4.79 Å². The van der Waals surface area contributed by atoms with Crippen molar-refractivity contribution >= 4 is 5.97 Å². The van der Waals surface area contributed by atoms with Gasteiger partial charge in [0.05, 0.1) is 0 Å². The number of carboxylic acid groups (broad SMARTS) is 1. The maximum Gasteiger partial charge on any atom is 0.320 e. The van der Waals surface area contributed by atoms with Crippen molar-refractivity contribution in [3.63, 3.8) is 0 Å². The summed E-state index contributed by atoms with van der Waals surface area (Å²) >= 11 is 0. The molecule has 0 aliphatic rings. The molecule has 14 heavy (non-hydrogen) atoms. The number of rotatable bonds is 3. The first-order chi connectivity index (χ1) is 6.50. The van der Waals surface area contributed by atoms with E-state index in [-0.39, 0.29) is 17.9 Å². The summed E-state index contributed by atoms with van der Waals surface area (Å²) < 4.78 is 0. The number of phenolic OH excluding ortho intramolecular Hbond substituents is 2. The Morgan fingerprint density at radius 3 is 2.50 bits per heavy atom. The lowest BCUT2D eigenvalue weighted by Crippen LogP contribution is -2.32. The highest BCUT2D eigenvalue weighted by atomic mass is 16.4. The van der Waals surface area contributed by atoms with Crippen LogP contribution in [0.4, 0.5) is 0 Å². The third-order valence-electron chi connectivity index (χ3n) is 1.81. The van der Waals surface area contributed by atoms with Gasteiger partial charge in [-0.15, -0.1) is 0 Å². The van der Waals surface area contributed by atoms with E-state index < -0.39 is 12.0 Å². The Labute approximate surface area is 80.4 Å². The van der Waals surface area contributed by atoms with E-state index in [0.29, 0.717) is 5.56 Å². The zero-order valence-corrected chi connectivity index (χ0v) is 7.34. The van der Waals surface area contributed by atoms with Crippen molar-refractivity contribution in [1.82, 2.24) is 0 Å². The van der Waals surface area contributed by atoms with Crippen molar-refractivity contribution in [3.8, 4) is 11.5 Å². The van der Waals surface area contributed by atoms with Crippen LogP contribution in [0.1, 0.15) is 5.56 Å². The maximum absolute atomic E-state index is 10.4. The molecule has 1 atom stereocenters. The van der Waals surface area contributed by atoms with Crippen molar-refractivity contribution in [1.29, 1.82) is 0 Å². The topological polar surface area (TPSA) is 104 Å². The Hall–Kier alpha value is -1.75. The monoisotopic (exact) mass is 199 g/mol. The number of aliphatic carboxylic acids is 1. The number of carboxylic acids is 1. The van der Waals surface area contributed by atoms with Crippen molar-refractivity contribution in [2.45, 2.75) is 12.5 Å². The highest BCUT2D eigenvalue weighted by Crippen LogP contribution is 2.25. The number of hydrogen-bond acceptors (Lipinski definition) is 4. The van der Waals surface area contributed by atoms with Crippen LogP contribution in [0.3, 0.4) is 0 Å². The molecule has 5 N–H and O–H groups in total. The molecule has 0 spiro atoms. The van der Waals surface area contributed by atoms with E-state index in [1.165, 1.54) is 18.2 Å². The number of nitrogens with two attached hydrogens (primary N) is 1. The van der Waals surface area contributed by atoms with E-state index in [2.05, 4.69) is 0 Å². The second-order valence-electron chi connectivity index (χ2n) is 2.97. The zero-order valence-electron chi connectivity index (χ0n) is 7.34. The van der Waals surface area contributed by atoms with Gasteiger partial charge in [-0.1, -0.05) is 6.07 Å². The van der Waals surface area contributed by atoms with Crippen LogP contribution >= 0.6 is 0 Å². The number of hydrogen-bond donors (Lipinski definition) is 4. The van der Waals surface area contributed by atoms with Gasteiger partial charge in [-0.25, -0.2) is 0 Å². The van der Waals surface area contributed by atoms with Crippen molar-refractivity contribution in [2.75, 3.05) is 0 Å². The average Bonchev–Trinajstić information content (AvgIpc) is 2.11. The molecule has 0 saturated carbocycles. The summed E-state index contributed by atoms with van der Waals surface area (Å²) in [7, 11) is 0. The first-order valence-electron chi connectivity index (χ1n) is 4.00. The maximum atomic E-state index is 10.4. The SMILES string of the molecule is N[14C@@H](Cc1ccc(O)c(O)c1)C(=O)O. The van der Waals surface area contributed by atoms with Gasteiger partial charge in [0.2, 0.25) is 0 Å². The van der Waals surface area contributed by atoms with Crippen LogP contribution in [0.5, 0.6) is 11.5 Å². The van der Waals surface area contributed by atoms with Crippen LogP contribution in [0, 0.1) is 0 Å². The average molecular weight is 199 g/mol. The second-order valence-corrected chi connectivity index (χ2v) is 2.97. The minimum atomic E-state index is -1.10. The largest absolute Gasteiger partial charge is 0.504 e. The smallest absolute Gasteiger partial charge is 0.320 e. The molecule has 0 heterocycles. The summed E-state index contributed by atoms with van der Waals surface area (Å²) in [6.07, 6.45) is 0.114. The van der Waals surface area contributed by atoms with Gasteiger partial charge in [-0.2, -0.15) is 0 Å². The molecule has 5 heteroatoms. The van der Waals surface area contributed by atoms with Gasteiger partial charge < -0.3 is 21.1 Å². The highest BCUT2D eigenvalue weighted by molar-refractivity contribution is 5.73. The number of carbonyl (C=O) groups is 1. The Kier molecular flexibility index (Phi) is 2.93. The molecule has 1 aromatic rings. The van der Waals surface area contributed by atoms with Crippen LogP contribution in [0.2, 0.25) is 0 Å². The first-order valence-corrected chi connectivity index (χ1v) is 4.00. The summed E-state index contributed by atoms with van der Waals surface area (Å²) in [6, 6.07) is 3.09. The normalized spacial score (nSPS) is 12.4. The van der Waals surface area contributed by atoms with Gasteiger partial charge in [-0.05, 0) is 24.1 Å². The molecular weight excluding hydrogens is 188 g/mol. The predicted octanol–water partition coefficient (Wildman–Crippen LogP) is 0.0522. The van der Waals surface area contributed by atoms with Crippen LogP contribution in [0.15, 0.2) is 18.2 Å². The summed E-state index contributed by atoms with van der Waals surface area (Å²) in [5, 5.41) is 26.6. The highest BCUT2D eigenvalue weighted by Gasteiger charge is 2.12. The van der Waals surface area contributed by atoms with E-state index in [1.54, 1.807) is 0 Å². The summed E-state index contributed by atoms with van der Waals surface area (Å²) in [6.45, 7) is 0. The fourth-order valence-corrected chi connectivity index (χ4v) is 1.04. The summed E-state index contributed by atoms with van der Waals surface area (Å²) in [5.41, 5.74) is 5.86. The van der Waals surface area contributed by atoms with Crippen LogP contribution < -0.4 is 5.73 Å². The first kappa shape index (κ1) is 10.3. The summed E-state index contributed by atoms with van der Waals surface area (Å²) in [4.78, 5) is 10.4. The van der Waals surface area contributed by atoms with E-state index in [0.717, 1.165) is 0 Å². The third kappa shape index (κ3) is 2.37. The standard InChI is InChI=1S/C9H11NO4/c10-6(9(13)14)3-5-1-2-7(11)8(12)4-5/h1-2,4,6,11-12H,3,10H2,(H,13,14)/t6-/m0/s1/i6+2. The zero-order chi connectivity index (χ0) is 10.7. The van der Waals surface area contributed by atoms with Crippen LogP contribution in [0.25, 0.3) is 0 Å². The van der Waals surface area contributed by atoms with Gasteiger partial charge in [0, 0.05) is 0 Å². The second kappa shape index (κ2) is 3.97. The molecule has 0 aliphatic heterocycles. The Morgan fingerprint density at radius 1 is 1.36 bits per heavy atom. The molecule has 0 radical (unpaired) electrons. The van der Waals surface area contributed by atoms with E-state index >= 15 is 0 Å². The Morgan fingerprint density at radius 2 is 2.00 bits per heavy atom. The van der Waals surface area contributed by atoms with Crippen LogP contribution in [-0.2, 0) is 11.2 Å². The Balaban J connectivity index is 2.78. The minimum absolute atomic E-state index is 0.114. The van der Waals surface area contributed by atoms with E-state index in [1.807, 2.05) is 0 Å². The number of phenols is 2. The molecule has 1 aromatic carbocycles. The molecule has 0 aliphatic carbocycles. The molecule has 1 rings (SSSR count). The lowest BCUT2D eigenvalue weighted by molar-refractivity contribution is -0.138. The quantitative estimate of drug-likeness (QED) is 0.515. The fraction of sp³-hybridized carbons (Fsp3) is 0.222. The van der Waals surface area contributed by atoms with Gasteiger partial charge in [0.15, 0.2) is 11.5 Å². The third-order valence-corrected chi connectivity index (χ3v) is 1.81. The molecule has 0 amide bonds. The number of aromatic hydroxyl groups is 2. The molecule has 0 aromatic heterocycles. The molecule has 0 fully saturated rings. The van der Waals surface area contributed by atoms with E-state index in [4.69, 9.17) is 21.1 Å². The molecular formula is C9H11NO4. The molecule has 5 nitrogen and oxygen atoms in total. The number of benzene rings is 1. The molecule has 0 saturated heterocycles. The van der Waals surface area contributed by atoms with Gasteiger partial charge in [0.25, 0.3) is 0 Å². The predicted molar refractivity (Wildman–Crippen MR) is 49.1 cm³/mol. The minimum Gasteiger partial charge on any atom is -0.504 e. The fourth-order valence-electron chi connectivity index (χ4n) is 1.04. The molecule has 0 unspecified atom stereocenters. The summed E-state index contributed by atoms with van der Waals surface area (Å²) in [5.74, 6) is -1.62. The van der Waals surface area contributed by atoms with Gasteiger partial charge in [0.1, 0.15) is 6.04 Å². The Bertz CT molecular complexity index is 351. The van der Waals surface area contributed by atoms with Crippen molar-refractivity contribution in [2.24, 2.45) is 5.73 Å². The lowest BCUT2D eigenvalue weighted by Gasteiger charge is -2.06. The van der Waals surface area contributed by atoms with E-state index in [9.17, 15) is 4.79 Å². The van der Waals surface area contributed by atoms with Crippen molar-refractivity contribution < 1.29 is 20.1 Å². The van der Waals surface area contributed by atoms with Gasteiger partial charge >= 0.3 is 5.97 Å². The molecule has 76 valence electrons. The van der Waals surface area contributed by atoms with Crippen LogP contribution in [-0.4, -0.2) is 27.3 Å². The molecule has 0 bridgehead atoms. The lowest BCUT2D eigenvalue weighted by atomic mass is 10.2.